The highest BCUT2D eigenvalue weighted by atomic mass is 16.4. The van der Waals surface area contributed by atoms with E-state index in [0.717, 1.165) is 6.29 Å². The van der Waals surface area contributed by atoms with Gasteiger partial charge in [-0.2, -0.15) is 0 Å². The summed E-state index contributed by atoms with van der Waals surface area (Å²) < 4.78 is 0. The van der Waals surface area contributed by atoms with Crippen LogP contribution in [0.5, 0.6) is 0 Å². The molecule has 0 amide bonds. The largest absolute Gasteiger partial charge is 0.481 e. The van der Waals surface area contributed by atoms with Crippen LogP contribution in [0.1, 0.15) is 51.9 Å². The van der Waals surface area contributed by atoms with Gasteiger partial charge >= 0.3 is 11.9 Å². The number of fused-ring (bicyclic) bond motifs is 3. The number of rotatable bonds is 3. The van der Waals surface area contributed by atoms with Crippen LogP contribution in [0.25, 0.3) is 0 Å². The molecule has 6 heteroatoms. The number of aliphatic hydroxyl groups is 1. The van der Waals surface area contributed by atoms with E-state index in [4.69, 9.17) is 0 Å². The fraction of sp³-hybridized carbons (Fsp3) is 0.750. The van der Waals surface area contributed by atoms with Gasteiger partial charge in [0.05, 0.1) is 16.9 Å². The Labute approximate surface area is 152 Å². The number of carbonyl (C=O) groups excluding carboxylic acids is 1. The van der Waals surface area contributed by atoms with Crippen molar-refractivity contribution in [1.82, 2.24) is 0 Å². The molecule has 26 heavy (non-hydrogen) atoms. The third kappa shape index (κ3) is 1.74. The number of carbonyl (C=O) groups is 3. The normalized spacial score (nSPS) is 52.2. The molecule has 7 atom stereocenters. The van der Waals surface area contributed by atoms with E-state index < -0.39 is 45.6 Å². The zero-order chi connectivity index (χ0) is 19.1. The maximum Gasteiger partial charge on any atom is 0.309 e. The van der Waals surface area contributed by atoms with E-state index in [0.29, 0.717) is 44.1 Å². The summed E-state index contributed by atoms with van der Waals surface area (Å²) >= 11 is 0. The van der Waals surface area contributed by atoms with Crippen molar-refractivity contribution in [1.29, 1.82) is 0 Å². The summed E-state index contributed by atoms with van der Waals surface area (Å²) in [7, 11) is 0. The molecule has 0 aromatic rings. The molecule has 0 aliphatic heterocycles. The van der Waals surface area contributed by atoms with Crippen molar-refractivity contribution in [3.05, 3.63) is 12.2 Å². The van der Waals surface area contributed by atoms with E-state index in [1.807, 2.05) is 0 Å². The summed E-state index contributed by atoms with van der Waals surface area (Å²) in [6.07, 6.45) is 4.04. The monoisotopic (exact) mass is 362 g/mol. The quantitative estimate of drug-likeness (QED) is 0.524. The van der Waals surface area contributed by atoms with Crippen molar-refractivity contribution in [3.8, 4) is 0 Å². The SMILES string of the molecule is C=C1C[C@]23C[C@@]1(O)CC[C@H]2[C@]1(C=O)CCC[C@@](C)(C(=O)O)C1C3C(=O)O. The van der Waals surface area contributed by atoms with E-state index in [1.165, 1.54) is 0 Å². The molecule has 4 fully saturated rings. The van der Waals surface area contributed by atoms with Crippen LogP contribution >= 0.6 is 0 Å². The average Bonchev–Trinajstić information content (AvgIpc) is 2.92. The summed E-state index contributed by atoms with van der Waals surface area (Å²) in [6.45, 7) is 5.62. The lowest BCUT2D eigenvalue weighted by Gasteiger charge is -2.49. The molecule has 1 spiro atoms. The lowest BCUT2D eigenvalue weighted by molar-refractivity contribution is -0.167. The number of aliphatic carboxylic acids is 2. The van der Waals surface area contributed by atoms with E-state index in [2.05, 4.69) is 6.58 Å². The van der Waals surface area contributed by atoms with Crippen molar-refractivity contribution >= 4 is 18.2 Å². The van der Waals surface area contributed by atoms with Gasteiger partial charge in [0.25, 0.3) is 0 Å². The van der Waals surface area contributed by atoms with Gasteiger partial charge in [0.15, 0.2) is 0 Å². The molecule has 2 bridgehead atoms. The van der Waals surface area contributed by atoms with Crippen molar-refractivity contribution in [2.75, 3.05) is 0 Å². The van der Waals surface area contributed by atoms with E-state index in [-0.39, 0.29) is 12.3 Å². The Balaban J connectivity index is 1.98. The van der Waals surface area contributed by atoms with Crippen LogP contribution in [0.2, 0.25) is 0 Å². The lowest BCUT2D eigenvalue weighted by atomic mass is 9.53. The summed E-state index contributed by atoms with van der Waals surface area (Å²) in [5.74, 6) is -3.99. The van der Waals surface area contributed by atoms with Crippen molar-refractivity contribution in [2.45, 2.75) is 57.5 Å². The molecular weight excluding hydrogens is 336 g/mol. The first kappa shape index (κ1) is 17.7. The van der Waals surface area contributed by atoms with E-state index >= 15 is 0 Å². The molecule has 0 aromatic carbocycles. The number of hydrogen-bond acceptors (Lipinski definition) is 4. The molecule has 4 aliphatic rings. The molecule has 4 aliphatic carbocycles. The van der Waals surface area contributed by atoms with Crippen LogP contribution in [-0.4, -0.2) is 39.1 Å². The topological polar surface area (TPSA) is 112 Å². The minimum absolute atomic E-state index is 0.211. The van der Waals surface area contributed by atoms with Crippen molar-refractivity contribution < 1.29 is 29.7 Å². The molecular formula is C20H26O6. The van der Waals surface area contributed by atoms with Crippen LogP contribution in [0.4, 0.5) is 0 Å². The number of carboxylic acid groups (broad SMARTS) is 2. The molecule has 0 radical (unpaired) electrons. The average molecular weight is 362 g/mol. The fourth-order valence-corrected chi connectivity index (χ4v) is 7.63. The molecule has 4 rings (SSSR count). The maximum atomic E-state index is 12.5. The van der Waals surface area contributed by atoms with Crippen LogP contribution < -0.4 is 0 Å². The van der Waals surface area contributed by atoms with E-state index in [9.17, 15) is 29.7 Å². The second-order valence-electron chi connectivity index (χ2n) is 9.41. The van der Waals surface area contributed by atoms with Crippen molar-refractivity contribution in [3.63, 3.8) is 0 Å². The summed E-state index contributed by atoms with van der Waals surface area (Å²) in [6, 6.07) is 0. The molecule has 3 N–H and O–H groups in total. The Kier molecular flexibility index (Phi) is 3.39. The van der Waals surface area contributed by atoms with Gasteiger partial charge in [-0.05, 0) is 62.4 Å². The van der Waals surface area contributed by atoms with Crippen molar-refractivity contribution in [2.24, 2.45) is 34.0 Å². The molecule has 0 heterocycles. The number of aldehydes is 1. The Morgan fingerprint density at radius 2 is 1.92 bits per heavy atom. The Hall–Kier alpha value is -1.69. The fourth-order valence-electron chi connectivity index (χ4n) is 7.63. The minimum atomic E-state index is -1.25. The van der Waals surface area contributed by atoms with Gasteiger partial charge in [0.2, 0.25) is 0 Å². The van der Waals surface area contributed by atoms with Gasteiger partial charge in [-0.1, -0.05) is 13.0 Å². The van der Waals surface area contributed by atoms with Gasteiger partial charge in [0, 0.05) is 11.3 Å². The van der Waals surface area contributed by atoms with E-state index in [1.54, 1.807) is 6.92 Å². The van der Waals surface area contributed by atoms with Gasteiger partial charge in [0.1, 0.15) is 6.29 Å². The number of hydrogen-bond donors (Lipinski definition) is 3. The van der Waals surface area contributed by atoms with Crippen LogP contribution in [0, 0.1) is 34.0 Å². The van der Waals surface area contributed by atoms with Gasteiger partial charge in [-0.3, -0.25) is 9.59 Å². The molecule has 2 unspecified atom stereocenters. The Morgan fingerprint density at radius 1 is 1.23 bits per heavy atom. The first-order chi connectivity index (χ1) is 12.1. The Bertz CT molecular complexity index is 730. The highest BCUT2D eigenvalue weighted by Gasteiger charge is 2.78. The summed E-state index contributed by atoms with van der Waals surface area (Å²) in [5, 5.41) is 31.1. The minimum Gasteiger partial charge on any atom is -0.481 e. The molecule has 4 saturated carbocycles. The lowest BCUT2D eigenvalue weighted by Crippen LogP contribution is -2.52. The zero-order valence-electron chi connectivity index (χ0n) is 15.0. The molecule has 6 nitrogen and oxygen atoms in total. The third-order valence-electron chi connectivity index (χ3n) is 8.51. The summed E-state index contributed by atoms with van der Waals surface area (Å²) in [5.41, 5.74) is -3.41. The first-order valence-corrected chi connectivity index (χ1v) is 9.41. The highest BCUT2D eigenvalue weighted by Crippen LogP contribution is 2.77. The molecule has 142 valence electrons. The maximum absolute atomic E-state index is 12.5. The third-order valence-corrected chi connectivity index (χ3v) is 8.51. The Morgan fingerprint density at radius 3 is 2.50 bits per heavy atom. The van der Waals surface area contributed by atoms with Gasteiger partial charge in [-0.25, -0.2) is 0 Å². The van der Waals surface area contributed by atoms with Gasteiger partial charge < -0.3 is 20.1 Å². The second kappa shape index (κ2) is 4.97. The zero-order valence-corrected chi connectivity index (χ0v) is 15.0. The predicted octanol–water partition coefficient (Wildman–Crippen LogP) is 2.25. The smallest absolute Gasteiger partial charge is 0.309 e. The van der Waals surface area contributed by atoms with Gasteiger partial charge in [-0.15, -0.1) is 0 Å². The first-order valence-electron chi connectivity index (χ1n) is 9.41. The van der Waals surface area contributed by atoms with Crippen LogP contribution in [0.3, 0.4) is 0 Å². The second-order valence-corrected chi connectivity index (χ2v) is 9.41. The summed E-state index contributed by atoms with van der Waals surface area (Å²) in [4.78, 5) is 37.1. The number of carboxylic acids is 2. The standard InChI is InChI=1S/C20H26O6/c1-11-8-19-9-20(11,26)7-4-12(19)18(10-21)6-3-5-17(2,16(24)25)14(18)13(19)15(22)23/h10,12-14,26H,1,3-9H2,2H3,(H,22,23)(H,24,25)/t12-,13?,14?,17+,18+,19-,20-/m0/s1. The van der Waals surface area contributed by atoms with Crippen LogP contribution in [-0.2, 0) is 14.4 Å². The predicted molar refractivity (Wildman–Crippen MR) is 91.2 cm³/mol. The molecule has 0 saturated heterocycles. The van der Waals surface area contributed by atoms with Crippen LogP contribution in [0.15, 0.2) is 12.2 Å². The highest BCUT2D eigenvalue weighted by molar-refractivity contribution is 5.82. The molecule has 0 aromatic heterocycles.